The average Bonchev–Trinajstić information content (AvgIpc) is 2.67. The summed E-state index contributed by atoms with van der Waals surface area (Å²) in [5.41, 5.74) is 1.31. The van der Waals surface area contributed by atoms with E-state index in [-0.39, 0.29) is 16.6 Å². The van der Waals surface area contributed by atoms with Crippen LogP contribution < -0.4 is 5.32 Å². The van der Waals surface area contributed by atoms with E-state index >= 15 is 0 Å². The summed E-state index contributed by atoms with van der Waals surface area (Å²) in [5.74, 6) is -0.119. The Bertz CT molecular complexity index is 856. The van der Waals surface area contributed by atoms with Crippen LogP contribution in [-0.4, -0.2) is 28.3 Å². The molecule has 0 aliphatic carbocycles. The lowest BCUT2D eigenvalue weighted by molar-refractivity contribution is -0.384. The highest BCUT2D eigenvalue weighted by atomic mass is 35.5. The number of hydrogen-bond donors (Lipinski definition) is 1. The second-order valence-corrected chi connectivity index (χ2v) is 7.00. The number of non-ortho nitro benzene ring substituents is 1. The van der Waals surface area contributed by atoms with Gasteiger partial charge in [-0.2, -0.15) is 0 Å². The van der Waals surface area contributed by atoms with Crippen molar-refractivity contribution in [2.45, 2.75) is 25.9 Å². The lowest BCUT2D eigenvalue weighted by Gasteiger charge is -2.27. The van der Waals surface area contributed by atoms with Gasteiger partial charge in [0.25, 0.3) is 5.69 Å². The molecule has 2 aromatic carbocycles. The molecule has 0 spiro atoms. The average molecular weight is 422 g/mol. The fourth-order valence-corrected chi connectivity index (χ4v) is 3.03. The molecule has 1 unspecified atom stereocenters. The van der Waals surface area contributed by atoms with Gasteiger partial charge in [0.1, 0.15) is 6.04 Å². The number of carbonyl (C=O) groups is 1. The minimum atomic E-state index is -0.536. The van der Waals surface area contributed by atoms with Gasteiger partial charge in [0.05, 0.1) is 15.6 Å². The van der Waals surface area contributed by atoms with Crippen LogP contribution >= 0.6 is 23.2 Å². The van der Waals surface area contributed by atoms with Crippen LogP contribution in [0.25, 0.3) is 0 Å². The highest BCUT2D eigenvalue weighted by Gasteiger charge is 2.23. The maximum Gasteiger partial charge on any atom is 0.271 e. The van der Waals surface area contributed by atoms with Crippen molar-refractivity contribution in [2.75, 3.05) is 11.9 Å². The number of nitro groups is 1. The number of halogens is 2. The first-order chi connectivity index (χ1) is 13.3. The quantitative estimate of drug-likeness (QED) is 0.338. The van der Waals surface area contributed by atoms with Crippen molar-refractivity contribution in [1.29, 1.82) is 0 Å². The lowest BCUT2D eigenvalue weighted by atomic mass is 10.1. The van der Waals surface area contributed by atoms with Crippen LogP contribution in [0.15, 0.2) is 55.1 Å². The van der Waals surface area contributed by atoms with Crippen molar-refractivity contribution in [1.82, 2.24) is 4.90 Å². The largest absolute Gasteiger partial charge is 0.372 e. The zero-order valence-electron chi connectivity index (χ0n) is 15.4. The van der Waals surface area contributed by atoms with Gasteiger partial charge >= 0.3 is 0 Å². The third-order valence-electron chi connectivity index (χ3n) is 4.15. The summed E-state index contributed by atoms with van der Waals surface area (Å²) < 4.78 is 0. The first kappa shape index (κ1) is 21.7. The summed E-state index contributed by atoms with van der Waals surface area (Å²) in [6, 6.07) is 10.9. The maximum atomic E-state index is 13.1. The molecule has 1 atom stereocenters. The van der Waals surface area contributed by atoms with E-state index in [1.165, 1.54) is 18.2 Å². The Morgan fingerprint density at radius 3 is 2.50 bits per heavy atom. The van der Waals surface area contributed by atoms with Crippen LogP contribution in [0.4, 0.5) is 11.4 Å². The molecule has 6 nitrogen and oxygen atoms in total. The Morgan fingerprint density at radius 1 is 1.29 bits per heavy atom. The molecule has 2 rings (SSSR count). The molecule has 0 bridgehead atoms. The van der Waals surface area contributed by atoms with Gasteiger partial charge < -0.3 is 10.2 Å². The van der Waals surface area contributed by atoms with Crippen molar-refractivity contribution in [3.8, 4) is 0 Å². The van der Waals surface area contributed by atoms with E-state index < -0.39 is 11.0 Å². The molecule has 0 saturated carbocycles. The first-order valence-corrected chi connectivity index (χ1v) is 9.45. The second-order valence-electron chi connectivity index (χ2n) is 6.16. The van der Waals surface area contributed by atoms with E-state index in [0.717, 1.165) is 5.56 Å². The highest BCUT2D eigenvalue weighted by molar-refractivity contribution is 6.33. The van der Waals surface area contributed by atoms with Gasteiger partial charge in [-0.05, 0) is 30.2 Å². The number of amides is 1. The van der Waals surface area contributed by atoms with Crippen molar-refractivity contribution in [3.05, 3.63) is 80.8 Å². The van der Waals surface area contributed by atoms with E-state index in [0.29, 0.717) is 30.2 Å². The smallest absolute Gasteiger partial charge is 0.271 e. The van der Waals surface area contributed by atoms with E-state index in [2.05, 4.69) is 11.9 Å². The summed E-state index contributed by atoms with van der Waals surface area (Å²) in [5, 5.41) is 14.8. The predicted octanol–water partition coefficient (Wildman–Crippen LogP) is 5.31. The van der Waals surface area contributed by atoms with E-state index in [1.807, 2.05) is 19.1 Å². The molecule has 148 valence electrons. The molecule has 0 saturated heterocycles. The molecule has 0 heterocycles. The normalized spacial score (nSPS) is 11.5. The number of hydrogen-bond acceptors (Lipinski definition) is 4. The summed E-state index contributed by atoms with van der Waals surface area (Å²) in [7, 11) is 0. The molecule has 0 fully saturated rings. The van der Waals surface area contributed by atoms with Gasteiger partial charge in [0.2, 0.25) is 5.91 Å². The zero-order chi connectivity index (χ0) is 20.7. The molecule has 0 aromatic heterocycles. The first-order valence-electron chi connectivity index (χ1n) is 8.70. The van der Waals surface area contributed by atoms with Crippen LogP contribution in [0.1, 0.15) is 18.9 Å². The van der Waals surface area contributed by atoms with Gasteiger partial charge in [-0.1, -0.05) is 48.3 Å². The maximum absolute atomic E-state index is 13.1. The Labute approximate surface area is 173 Å². The highest BCUT2D eigenvalue weighted by Crippen LogP contribution is 2.28. The molecular formula is C20H21Cl2N3O3. The monoisotopic (exact) mass is 421 g/mol. The molecule has 28 heavy (non-hydrogen) atoms. The number of nitrogens with one attached hydrogen (secondary N) is 1. The molecule has 0 aliphatic rings. The Hall–Kier alpha value is -2.57. The Morgan fingerprint density at radius 2 is 1.96 bits per heavy atom. The molecule has 1 N–H and O–H groups in total. The van der Waals surface area contributed by atoms with Gasteiger partial charge in [0, 0.05) is 30.2 Å². The number of nitrogens with zero attached hydrogens (tertiary/aromatic N) is 2. The number of nitro benzene ring substituents is 1. The SMILES string of the molecule is C=CCN(Cc1ccc(Cl)cc1)C(=O)C(CC)Nc1ccc([N+](=O)[O-])cc1Cl. The number of benzene rings is 2. The van der Waals surface area contributed by atoms with Gasteiger partial charge in [-0.25, -0.2) is 0 Å². The molecule has 1 amide bonds. The van der Waals surface area contributed by atoms with Crippen molar-refractivity contribution in [2.24, 2.45) is 0 Å². The van der Waals surface area contributed by atoms with E-state index in [9.17, 15) is 14.9 Å². The fourth-order valence-electron chi connectivity index (χ4n) is 2.68. The lowest BCUT2D eigenvalue weighted by Crippen LogP contribution is -2.42. The van der Waals surface area contributed by atoms with Crippen LogP contribution in [0.5, 0.6) is 0 Å². The second kappa shape index (κ2) is 10.1. The third kappa shape index (κ3) is 5.71. The Kier molecular flexibility index (Phi) is 7.84. The van der Waals surface area contributed by atoms with Gasteiger partial charge in [-0.15, -0.1) is 6.58 Å². The van der Waals surface area contributed by atoms with Crippen molar-refractivity contribution >= 4 is 40.5 Å². The third-order valence-corrected chi connectivity index (χ3v) is 4.71. The minimum absolute atomic E-state index is 0.106. The van der Waals surface area contributed by atoms with Crippen LogP contribution in [0.3, 0.4) is 0 Å². The summed E-state index contributed by atoms with van der Waals surface area (Å²) in [6.45, 7) is 6.40. The predicted molar refractivity (Wildman–Crippen MR) is 113 cm³/mol. The van der Waals surface area contributed by atoms with Crippen LogP contribution in [0, 0.1) is 10.1 Å². The van der Waals surface area contributed by atoms with E-state index in [4.69, 9.17) is 23.2 Å². The van der Waals surface area contributed by atoms with Gasteiger partial charge in [-0.3, -0.25) is 14.9 Å². The summed E-state index contributed by atoms with van der Waals surface area (Å²) >= 11 is 12.1. The number of anilines is 1. The fraction of sp³-hybridized carbons (Fsp3) is 0.250. The summed E-state index contributed by atoms with van der Waals surface area (Å²) in [4.78, 5) is 25.1. The van der Waals surface area contributed by atoms with E-state index in [1.54, 1.807) is 23.1 Å². The van der Waals surface area contributed by atoms with Crippen molar-refractivity contribution in [3.63, 3.8) is 0 Å². The topological polar surface area (TPSA) is 75.5 Å². The Balaban J connectivity index is 2.17. The molecule has 0 radical (unpaired) electrons. The molecule has 2 aromatic rings. The van der Waals surface area contributed by atoms with Crippen molar-refractivity contribution < 1.29 is 9.72 Å². The number of rotatable bonds is 9. The molecule has 8 heteroatoms. The van der Waals surface area contributed by atoms with Crippen LogP contribution in [0.2, 0.25) is 10.0 Å². The minimum Gasteiger partial charge on any atom is -0.372 e. The molecule has 0 aliphatic heterocycles. The molecular weight excluding hydrogens is 401 g/mol. The standard InChI is InChI=1S/C20H21Cl2N3O3/c1-3-11-24(13-14-5-7-15(21)8-6-14)20(26)18(4-2)23-19-10-9-16(25(27)28)12-17(19)22/h3,5-10,12,18,23H,1,4,11,13H2,2H3. The number of carbonyl (C=O) groups excluding carboxylic acids is 1. The van der Waals surface area contributed by atoms with Crippen LogP contribution in [-0.2, 0) is 11.3 Å². The zero-order valence-corrected chi connectivity index (χ0v) is 16.9. The summed E-state index contributed by atoms with van der Waals surface area (Å²) in [6.07, 6.45) is 2.18. The van der Waals surface area contributed by atoms with Gasteiger partial charge in [0.15, 0.2) is 0 Å².